The highest BCUT2D eigenvalue weighted by atomic mass is 32.2. The third-order valence-electron chi connectivity index (χ3n) is 15.8. The van der Waals surface area contributed by atoms with E-state index in [0.717, 1.165) is 38.5 Å². The van der Waals surface area contributed by atoms with E-state index >= 15 is 0 Å². The highest BCUT2D eigenvalue weighted by Gasteiger charge is 2.47. The largest absolute Gasteiger partial charge is 0.364 e. The Morgan fingerprint density at radius 3 is 1.80 bits per heavy atom. The predicted octanol–water partition coefficient (Wildman–Crippen LogP) is 10.5. The van der Waals surface area contributed by atoms with Gasteiger partial charge >= 0.3 is 0 Å². The maximum atomic E-state index is 13.0. The minimum Gasteiger partial charge on any atom is -0.364 e. The number of nitrogens with zero attached hydrogens (tertiary/aromatic N) is 2. The van der Waals surface area contributed by atoms with Crippen molar-refractivity contribution in [1.29, 1.82) is 0 Å². The number of carbonyl (C=O) groups excluding carboxylic acids is 2. The third-order valence-corrected chi connectivity index (χ3v) is 20.0. The summed E-state index contributed by atoms with van der Waals surface area (Å²) in [5.74, 6) is -0.993. The van der Waals surface area contributed by atoms with Gasteiger partial charge in [0.05, 0.1) is 27.3 Å². The van der Waals surface area contributed by atoms with Gasteiger partial charge in [-0.25, -0.2) is 0 Å². The number of unbranched alkanes of at least 4 members (excludes halogenated alkanes) is 9. The van der Waals surface area contributed by atoms with Crippen LogP contribution in [0.3, 0.4) is 0 Å². The molecule has 4 aromatic rings. The molecule has 458 valence electrons. The molecule has 1 amide bonds. The van der Waals surface area contributed by atoms with Gasteiger partial charge in [0.2, 0.25) is 5.91 Å². The Kier molecular flexibility index (Phi) is 22.6. The van der Waals surface area contributed by atoms with Crippen molar-refractivity contribution in [2.24, 2.45) is 0 Å². The molecular formula is C58H79N3O17S5. The summed E-state index contributed by atoms with van der Waals surface area (Å²) < 4.78 is 174. The van der Waals surface area contributed by atoms with Crippen LogP contribution in [-0.4, -0.2) is 114 Å². The fourth-order valence-electron chi connectivity index (χ4n) is 11.8. The number of amides is 1. The summed E-state index contributed by atoms with van der Waals surface area (Å²) in [5, 5.41) is 4.15. The van der Waals surface area contributed by atoms with E-state index in [1.807, 2.05) is 42.7 Å². The van der Waals surface area contributed by atoms with E-state index in [1.165, 1.54) is 49.6 Å². The number of ketones is 1. The van der Waals surface area contributed by atoms with Gasteiger partial charge in [-0.15, -0.1) is 0 Å². The lowest BCUT2D eigenvalue weighted by Gasteiger charge is -2.35. The number of Topliss-reactive ketones (excluding diaryl/α,β-unsaturated/α-hetero) is 1. The lowest BCUT2D eigenvalue weighted by atomic mass is 9.73. The number of nitrogens with one attached hydrogen (secondary N) is 1. The number of benzene rings is 4. The number of fused-ring (bicyclic) bond motifs is 6. The molecule has 0 radical (unpaired) electrons. The minimum atomic E-state index is -5.02. The molecule has 0 spiro atoms. The second-order valence-corrected chi connectivity index (χ2v) is 29.8. The van der Waals surface area contributed by atoms with Gasteiger partial charge in [-0.3, -0.25) is 32.4 Å². The minimum absolute atomic E-state index is 0.0132. The van der Waals surface area contributed by atoms with Gasteiger partial charge < -0.3 is 15.1 Å². The molecule has 2 atom stereocenters. The van der Waals surface area contributed by atoms with Crippen LogP contribution in [0.15, 0.2) is 105 Å². The molecule has 0 saturated carbocycles. The number of allylic oxidation sites excluding steroid dienone is 5. The first-order chi connectivity index (χ1) is 38.8. The van der Waals surface area contributed by atoms with Gasteiger partial charge in [-0.1, -0.05) is 115 Å². The van der Waals surface area contributed by atoms with Crippen molar-refractivity contribution in [2.75, 3.05) is 40.9 Å². The van der Waals surface area contributed by atoms with Crippen LogP contribution >= 0.6 is 0 Å². The summed E-state index contributed by atoms with van der Waals surface area (Å²) in [7, 11) is -23.5. The van der Waals surface area contributed by atoms with Crippen molar-refractivity contribution in [3.63, 3.8) is 0 Å². The third kappa shape index (κ3) is 17.8. The average molecular weight is 1250 g/mol. The fraction of sp³-hybridized carbons (Fsp3) is 0.517. The maximum Gasteiger partial charge on any atom is 0.295 e. The molecule has 0 fully saturated rings. The highest BCUT2D eigenvalue weighted by molar-refractivity contribution is 7.87. The van der Waals surface area contributed by atoms with E-state index in [1.54, 1.807) is 36.4 Å². The number of anilines is 2. The van der Waals surface area contributed by atoms with Gasteiger partial charge in [0, 0.05) is 72.2 Å². The van der Waals surface area contributed by atoms with Crippen molar-refractivity contribution in [3.8, 4) is 0 Å². The van der Waals surface area contributed by atoms with E-state index in [-0.39, 0.29) is 48.3 Å². The highest BCUT2D eigenvalue weighted by Crippen LogP contribution is 2.53. The summed E-state index contributed by atoms with van der Waals surface area (Å²) in [5.41, 5.74) is 0.834. The molecule has 0 aliphatic carbocycles. The molecule has 20 nitrogen and oxygen atoms in total. The second kappa shape index (κ2) is 28.0. The Labute approximate surface area is 489 Å². The number of rotatable bonds is 33. The Balaban J connectivity index is 1.28. The lowest BCUT2D eigenvalue weighted by molar-refractivity contribution is -0.121. The summed E-state index contributed by atoms with van der Waals surface area (Å²) in [6.45, 7) is 8.86. The van der Waals surface area contributed by atoms with Crippen LogP contribution in [0, 0.1) is 0 Å². The number of hydrogen-bond donors (Lipinski definition) is 6. The Bertz CT molecular complexity index is 3710. The van der Waals surface area contributed by atoms with Crippen LogP contribution < -0.4 is 15.1 Å². The predicted molar refractivity (Wildman–Crippen MR) is 322 cm³/mol. The quantitative estimate of drug-likeness (QED) is 0.0147. The van der Waals surface area contributed by atoms with E-state index < -0.39 is 93.7 Å². The van der Waals surface area contributed by atoms with Crippen molar-refractivity contribution >= 4 is 95.2 Å². The van der Waals surface area contributed by atoms with Gasteiger partial charge in [0.15, 0.2) is 0 Å². The van der Waals surface area contributed by atoms with Crippen LogP contribution in [-0.2, 0) is 71.0 Å². The maximum absolute atomic E-state index is 13.0. The van der Waals surface area contributed by atoms with E-state index in [4.69, 9.17) is 0 Å². The molecule has 83 heavy (non-hydrogen) atoms. The molecule has 6 N–H and O–H groups in total. The first-order valence-corrected chi connectivity index (χ1v) is 35.7. The van der Waals surface area contributed by atoms with Crippen molar-refractivity contribution < 1.29 is 74.4 Å². The summed E-state index contributed by atoms with van der Waals surface area (Å²) >= 11 is 0. The first-order valence-electron chi connectivity index (χ1n) is 28.2. The zero-order chi connectivity index (χ0) is 61.2. The Morgan fingerprint density at radius 2 is 1.16 bits per heavy atom. The summed E-state index contributed by atoms with van der Waals surface area (Å²) in [4.78, 5) is 27.2. The molecule has 4 aromatic carbocycles. The van der Waals surface area contributed by atoms with E-state index in [9.17, 15) is 74.4 Å². The molecule has 25 heteroatoms. The van der Waals surface area contributed by atoms with Crippen LogP contribution in [0.5, 0.6) is 0 Å². The van der Waals surface area contributed by atoms with Crippen molar-refractivity contribution in [1.82, 2.24) is 5.32 Å². The zero-order valence-corrected chi connectivity index (χ0v) is 51.6. The second-order valence-electron chi connectivity index (χ2n) is 22.5. The molecule has 2 heterocycles. The first kappa shape index (κ1) is 67.0. The zero-order valence-electron chi connectivity index (χ0n) is 47.5. The van der Waals surface area contributed by atoms with Crippen LogP contribution in [0.25, 0.3) is 21.5 Å². The number of hydrogen-bond acceptors (Lipinski definition) is 14. The molecule has 0 aromatic heterocycles. The fourth-order valence-corrected chi connectivity index (χ4v) is 14.7. The topological polar surface area (TPSA) is 324 Å². The van der Waals surface area contributed by atoms with Gasteiger partial charge in [-0.2, -0.15) is 42.1 Å². The molecule has 0 bridgehead atoms. The van der Waals surface area contributed by atoms with Crippen molar-refractivity contribution in [3.05, 3.63) is 102 Å². The van der Waals surface area contributed by atoms with Crippen molar-refractivity contribution in [2.45, 2.75) is 175 Å². The van der Waals surface area contributed by atoms with E-state index in [2.05, 4.69) is 12.2 Å². The molecule has 6 rings (SSSR count). The molecule has 0 saturated heterocycles. The van der Waals surface area contributed by atoms with Gasteiger partial charge in [0.1, 0.15) is 10.7 Å². The lowest BCUT2D eigenvalue weighted by Crippen LogP contribution is -2.43. The Hall–Kier alpha value is -5.09. The standard InChI is InChI=1S/C58H79N3O17S5/c1-5-6-7-10-18-34-59-54(63)26-17-9-8-13-22-43(62)23-14-12-19-35-60-49-32-30-46-48(40-45(82(73,74)75)41-51(46)83(76,77)78)55(49)57(2,3)52(60)24-15-11-16-25-53-58(4,33-20-37-79(64,65)66)56-47-39-44(81(70,71)72)29-27-42(47)28-31-50(56)61(53)36-21-38-80(67,68)69/h11,15-16,24-25,27-32,39-41,53H,5-10,12-14,17-23,26,33-38H2,1-4H3,(H,59,63)(H,64,65,66)(H,67,68,69)(H,70,71,72)(H,73,74,75)(H,76,77,78)/b15-11+,25-16+,52-24+. The van der Waals surface area contributed by atoms with Crippen LogP contribution in [0.2, 0.25) is 0 Å². The number of carbonyl (C=O) groups is 2. The average Bonchev–Trinajstić information content (AvgIpc) is 3.59. The molecule has 2 aliphatic heterocycles. The van der Waals surface area contributed by atoms with Gasteiger partial charge in [0.25, 0.3) is 50.6 Å². The molecular weight excluding hydrogens is 1170 g/mol. The van der Waals surface area contributed by atoms with Gasteiger partial charge in [-0.05, 0) is 121 Å². The molecule has 2 unspecified atom stereocenters. The van der Waals surface area contributed by atoms with E-state index in [0.29, 0.717) is 96.7 Å². The Morgan fingerprint density at radius 1 is 0.566 bits per heavy atom. The normalized spacial score (nSPS) is 18.1. The summed E-state index contributed by atoms with van der Waals surface area (Å²) in [6, 6.07) is 11.9. The monoisotopic (exact) mass is 1250 g/mol. The summed E-state index contributed by atoms with van der Waals surface area (Å²) in [6.07, 6.45) is 20.8. The van der Waals surface area contributed by atoms with Crippen LogP contribution in [0.1, 0.15) is 154 Å². The SMILES string of the molecule is CCCCCCCNC(=O)CCCCCCC(=O)CCCCCN1/C(=C/C=C/C=C/C2N(CCCS(=O)(=O)O)c3ccc4ccc(S(=O)(=O)O)cc4c3C2(C)CCCS(=O)(=O)O)C(C)(C)c2c1ccc1c(S(=O)(=O)O)cc(S(=O)(=O)O)cc21. The smallest absolute Gasteiger partial charge is 0.295 e. The van der Waals surface area contributed by atoms with Crippen LogP contribution in [0.4, 0.5) is 11.4 Å². The molecule has 2 aliphatic rings.